The molecule has 7 heteroatoms. The maximum Gasteiger partial charge on any atom is 0.325 e. The van der Waals surface area contributed by atoms with Crippen LogP contribution in [0, 0.1) is 0 Å². The number of carbonyl (C=O) groups is 2. The first kappa shape index (κ1) is 13.9. The van der Waals surface area contributed by atoms with Crippen LogP contribution in [-0.4, -0.2) is 45.0 Å². The third kappa shape index (κ3) is 3.50. The molecule has 88 valence electrons. The Morgan fingerprint density at radius 2 is 1.80 bits per heavy atom. The normalized spacial score (nSPS) is 12.0. The van der Waals surface area contributed by atoms with Crippen molar-refractivity contribution in [1.29, 1.82) is 0 Å². The van der Waals surface area contributed by atoms with Gasteiger partial charge in [0.1, 0.15) is 11.3 Å². The maximum absolute atomic E-state index is 11.4. The lowest BCUT2D eigenvalue weighted by atomic mass is 10.2. The van der Waals surface area contributed by atoms with Gasteiger partial charge >= 0.3 is 5.97 Å². The minimum Gasteiger partial charge on any atom is -0.468 e. The average molecular weight is 237 g/mol. The van der Waals surface area contributed by atoms with Gasteiger partial charge in [-0.25, -0.2) is 8.42 Å². The summed E-state index contributed by atoms with van der Waals surface area (Å²) in [6, 6.07) is 0. The topological polar surface area (TPSA) is 89.5 Å². The third-order valence-electron chi connectivity index (χ3n) is 2.09. The van der Waals surface area contributed by atoms with Crippen LogP contribution in [0.1, 0.15) is 13.8 Å². The molecule has 6 nitrogen and oxygen atoms in total. The molecule has 0 aromatic carbocycles. The van der Waals surface area contributed by atoms with E-state index in [4.69, 9.17) is 0 Å². The summed E-state index contributed by atoms with van der Waals surface area (Å²) in [5.74, 6) is -1.36. The van der Waals surface area contributed by atoms with Crippen molar-refractivity contribution < 1.29 is 22.7 Å². The molecular weight excluding hydrogens is 222 g/mol. The van der Waals surface area contributed by atoms with Crippen molar-refractivity contribution >= 4 is 21.7 Å². The van der Waals surface area contributed by atoms with Crippen LogP contribution in [0.25, 0.3) is 0 Å². The van der Waals surface area contributed by atoms with Crippen molar-refractivity contribution in [2.75, 3.05) is 19.9 Å². The molecule has 0 saturated carbocycles. The number of hydrogen-bond acceptors (Lipinski definition) is 5. The van der Waals surface area contributed by atoms with Gasteiger partial charge in [-0.05, 0) is 13.8 Å². The zero-order valence-corrected chi connectivity index (χ0v) is 9.97. The van der Waals surface area contributed by atoms with Crippen LogP contribution < -0.4 is 5.32 Å². The molecule has 0 aliphatic carbocycles. The molecule has 0 fully saturated rings. The first-order chi connectivity index (χ1) is 6.63. The van der Waals surface area contributed by atoms with E-state index in [0.717, 1.165) is 6.26 Å². The van der Waals surface area contributed by atoms with Gasteiger partial charge < -0.3 is 10.1 Å². The average Bonchev–Trinajstić information content (AvgIpc) is 2.11. The maximum atomic E-state index is 11.4. The summed E-state index contributed by atoms with van der Waals surface area (Å²) in [7, 11) is -2.34. The zero-order valence-electron chi connectivity index (χ0n) is 9.16. The van der Waals surface area contributed by atoms with Gasteiger partial charge in [0.15, 0.2) is 9.84 Å². The fourth-order valence-corrected chi connectivity index (χ4v) is 1.01. The van der Waals surface area contributed by atoms with E-state index in [0.29, 0.717) is 0 Å². The first-order valence-electron chi connectivity index (χ1n) is 4.17. The van der Waals surface area contributed by atoms with Gasteiger partial charge in [-0.2, -0.15) is 0 Å². The van der Waals surface area contributed by atoms with Crippen LogP contribution in [-0.2, 0) is 24.2 Å². The first-order valence-corrected chi connectivity index (χ1v) is 6.06. The summed E-state index contributed by atoms with van der Waals surface area (Å²) in [5, 5.41) is 2.19. The number of rotatable bonds is 4. The van der Waals surface area contributed by atoms with Gasteiger partial charge in [-0.1, -0.05) is 0 Å². The van der Waals surface area contributed by atoms with Crippen LogP contribution in [0.3, 0.4) is 0 Å². The predicted octanol–water partition coefficient (Wildman–Crippen LogP) is -0.901. The summed E-state index contributed by atoms with van der Waals surface area (Å²) in [6.45, 7) is 2.21. The van der Waals surface area contributed by atoms with Crippen LogP contribution in [0.2, 0.25) is 0 Å². The van der Waals surface area contributed by atoms with Crippen molar-refractivity contribution in [1.82, 2.24) is 5.32 Å². The lowest BCUT2D eigenvalue weighted by Crippen LogP contribution is -2.48. The SMILES string of the molecule is COC(=O)CNC(=O)C(C)(C)S(C)(=O)=O. The lowest BCUT2D eigenvalue weighted by molar-refractivity contribution is -0.141. The molecule has 0 spiro atoms. The van der Waals surface area contributed by atoms with Gasteiger partial charge in [-0.3, -0.25) is 9.59 Å². The Bertz CT molecular complexity index is 357. The number of esters is 1. The fraction of sp³-hybridized carbons (Fsp3) is 0.750. The highest BCUT2D eigenvalue weighted by atomic mass is 32.2. The van der Waals surface area contributed by atoms with Crippen LogP contribution >= 0.6 is 0 Å². The van der Waals surface area contributed by atoms with E-state index >= 15 is 0 Å². The second-order valence-electron chi connectivity index (χ2n) is 3.54. The number of nitrogens with one attached hydrogen (secondary N) is 1. The Balaban J connectivity index is 4.54. The van der Waals surface area contributed by atoms with E-state index in [2.05, 4.69) is 10.1 Å². The molecule has 0 aromatic heterocycles. The van der Waals surface area contributed by atoms with Gasteiger partial charge in [0, 0.05) is 6.26 Å². The minimum absolute atomic E-state index is 0.339. The van der Waals surface area contributed by atoms with Crippen molar-refractivity contribution in [3.8, 4) is 0 Å². The molecule has 0 unspecified atom stereocenters. The Morgan fingerprint density at radius 1 is 1.33 bits per heavy atom. The van der Waals surface area contributed by atoms with Gasteiger partial charge in [0.2, 0.25) is 5.91 Å². The van der Waals surface area contributed by atoms with Gasteiger partial charge in [0.25, 0.3) is 0 Å². The van der Waals surface area contributed by atoms with Crippen LogP contribution in [0.5, 0.6) is 0 Å². The van der Waals surface area contributed by atoms with E-state index in [1.165, 1.54) is 21.0 Å². The smallest absolute Gasteiger partial charge is 0.325 e. The Kier molecular flexibility index (Phi) is 4.27. The highest BCUT2D eigenvalue weighted by Crippen LogP contribution is 2.14. The molecule has 0 radical (unpaired) electrons. The lowest BCUT2D eigenvalue weighted by Gasteiger charge is -2.20. The number of ether oxygens (including phenoxy) is 1. The number of carbonyl (C=O) groups excluding carboxylic acids is 2. The molecule has 1 N–H and O–H groups in total. The summed E-state index contributed by atoms with van der Waals surface area (Å²) < 4.78 is 25.2. The zero-order chi connectivity index (χ0) is 12.3. The molecule has 0 bridgehead atoms. The second-order valence-corrected chi connectivity index (χ2v) is 6.11. The summed E-state index contributed by atoms with van der Waals surface area (Å²) in [4.78, 5) is 22.1. The molecule has 15 heavy (non-hydrogen) atoms. The van der Waals surface area contributed by atoms with Gasteiger partial charge in [0.05, 0.1) is 7.11 Å². The fourth-order valence-electron chi connectivity index (χ4n) is 0.606. The van der Waals surface area contributed by atoms with E-state index in [1.54, 1.807) is 0 Å². The van der Waals surface area contributed by atoms with Crippen molar-refractivity contribution in [3.05, 3.63) is 0 Å². The van der Waals surface area contributed by atoms with E-state index in [9.17, 15) is 18.0 Å². The molecule has 0 atom stereocenters. The molecule has 0 aliphatic heterocycles. The van der Waals surface area contributed by atoms with Crippen LogP contribution in [0.15, 0.2) is 0 Å². The minimum atomic E-state index is -3.52. The molecule has 0 aromatic rings. The standard InChI is InChI=1S/C8H15NO5S/c1-8(2,15(4,12)13)7(11)9-5-6(10)14-3/h5H2,1-4H3,(H,9,11). The quantitative estimate of drug-likeness (QED) is 0.640. The second kappa shape index (κ2) is 4.61. The number of methoxy groups -OCH3 is 1. The Morgan fingerprint density at radius 3 is 2.13 bits per heavy atom. The number of sulfone groups is 1. The van der Waals surface area contributed by atoms with E-state index < -0.39 is 26.5 Å². The summed E-state index contributed by atoms with van der Waals surface area (Å²) in [5.41, 5.74) is 0. The molecule has 0 rings (SSSR count). The number of amides is 1. The molecule has 0 aliphatic rings. The van der Waals surface area contributed by atoms with E-state index in [1.807, 2.05) is 0 Å². The summed E-state index contributed by atoms with van der Waals surface area (Å²) >= 11 is 0. The Hall–Kier alpha value is -1.11. The third-order valence-corrected chi connectivity index (χ3v) is 4.13. The number of hydrogen-bond donors (Lipinski definition) is 1. The van der Waals surface area contributed by atoms with Crippen molar-refractivity contribution in [2.24, 2.45) is 0 Å². The largest absolute Gasteiger partial charge is 0.468 e. The van der Waals surface area contributed by atoms with Crippen molar-refractivity contribution in [3.63, 3.8) is 0 Å². The highest BCUT2D eigenvalue weighted by molar-refractivity contribution is 7.92. The molecule has 0 saturated heterocycles. The summed E-state index contributed by atoms with van der Waals surface area (Å²) in [6.07, 6.45) is 0.963. The van der Waals surface area contributed by atoms with Crippen molar-refractivity contribution in [2.45, 2.75) is 18.6 Å². The molecule has 1 amide bonds. The van der Waals surface area contributed by atoms with Crippen LogP contribution in [0.4, 0.5) is 0 Å². The molecule has 0 heterocycles. The van der Waals surface area contributed by atoms with E-state index in [-0.39, 0.29) is 6.54 Å². The monoisotopic (exact) mass is 237 g/mol. The van der Waals surface area contributed by atoms with Gasteiger partial charge in [-0.15, -0.1) is 0 Å². The highest BCUT2D eigenvalue weighted by Gasteiger charge is 2.38. The predicted molar refractivity (Wildman–Crippen MR) is 53.9 cm³/mol. The Labute approximate surface area is 88.9 Å². The molecular formula is C8H15NO5S.